The molecule has 1 aliphatic rings. The summed E-state index contributed by atoms with van der Waals surface area (Å²) in [5.41, 5.74) is 1.36. The Morgan fingerprint density at radius 2 is 2.06 bits per heavy atom. The topological polar surface area (TPSA) is 83.0 Å². The predicted octanol–water partition coefficient (Wildman–Crippen LogP) is 4.55. The average molecular weight is 657 g/mol. The Morgan fingerprint density at radius 1 is 1.35 bits per heavy atom. The van der Waals surface area contributed by atoms with Crippen molar-refractivity contribution in [1.29, 1.82) is 0 Å². The first-order valence-electron chi connectivity index (χ1n) is 10.6. The van der Waals surface area contributed by atoms with E-state index in [0.717, 1.165) is 10.0 Å². The van der Waals surface area contributed by atoms with Gasteiger partial charge in [0.25, 0.3) is 5.56 Å². The predicted molar refractivity (Wildman–Crippen MR) is 142 cm³/mol. The SMILES string of the molecule is CCOc1ccc([C@@H]2C(C(=O)OC(C)C)=C(C)N=c3s/c(=C/c4cc(Br)c(I)o4)c(=O)n32)cc1. The van der Waals surface area contributed by atoms with Gasteiger partial charge in [0.2, 0.25) is 0 Å². The monoisotopic (exact) mass is 656 g/mol. The lowest BCUT2D eigenvalue weighted by Gasteiger charge is -2.25. The van der Waals surface area contributed by atoms with Crippen molar-refractivity contribution in [3.8, 4) is 5.75 Å². The Hall–Kier alpha value is -2.18. The van der Waals surface area contributed by atoms with E-state index in [-0.39, 0.29) is 11.7 Å². The van der Waals surface area contributed by atoms with Crippen molar-refractivity contribution < 1.29 is 18.7 Å². The number of hydrogen-bond acceptors (Lipinski definition) is 7. The van der Waals surface area contributed by atoms with Gasteiger partial charge in [0.05, 0.1) is 39.0 Å². The number of aromatic nitrogens is 1. The van der Waals surface area contributed by atoms with E-state index in [4.69, 9.17) is 13.9 Å². The van der Waals surface area contributed by atoms with Crippen LogP contribution in [0.1, 0.15) is 45.1 Å². The third-order valence-corrected chi connectivity index (χ3v) is 8.14. The number of carbonyl (C=O) groups excluding carboxylic acids is 1. The number of esters is 1. The average Bonchev–Trinajstić information content (AvgIpc) is 3.25. The number of halogens is 2. The van der Waals surface area contributed by atoms with Crippen molar-refractivity contribution in [2.24, 2.45) is 4.99 Å². The first-order valence-corrected chi connectivity index (χ1v) is 13.3. The van der Waals surface area contributed by atoms with Gasteiger partial charge in [0.15, 0.2) is 8.57 Å². The summed E-state index contributed by atoms with van der Waals surface area (Å²) in [6.07, 6.45) is 1.38. The third-order valence-electron chi connectivity index (χ3n) is 5.03. The highest BCUT2D eigenvalue weighted by molar-refractivity contribution is 14.1. The first-order chi connectivity index (χ1) is 16.2. The number of nitrogens with zero attached hydrogens (tertiary/aromatic N) is 2. The van der Waals surface area contributed by atoms with Crippen LogP contribution in [0, 0.1) is 3.77 Å². The second kappa shape index (κ2) is 10.2. The Morgan fingerprint density at radius 3 is 2.65 bits per heavy atom. The molecule has 178 valence electrons. The Bertz CT molecular complexity index is 1430. The van der Waals surface area contributed by atoms with Crippen LogP contribution in [0.5, 0.6) is 5.75 Å². The van der Waals surface area contributed by atoms with E-state index in [0.29, 0.717) is 42.5 Å². The number of carbonyl (C=O) groups is 1. The fourth-order valence-electron chi connectivity index (χ4n) is 3.65. The maximum atomic E-state index is 13.6. The molecule has 0 unspecified atom stereocenters. The lowest BCUT2D eigenvalue weighted by molar-refractivity contribution is -0.143. The minimum Gasteiger partial charge on any atom is -0.494 e. The van der Waals surface area contributed by atoms with Crippen molar-refractivity contribution in [2.45, 2.75) is 39.8 Å². The highest BCUT2D eigenvalue weighted by atomic mass is 127. The molecule has 0 bridgehead atoms. The van der Waals surface area contributed by atoms with Crippen LogP contribution >= 0.6 is 49.9 Å². The van der Waals surface area contributed by atoms with Crippen LogP contribution in [0.3, 0.4) is 0 Å². The lowest BCUT2D eigenvalue weighted by Crippen LogP contribution is -2.40. The fourth-order valence-corrected chi connectivity index (χ4v) is 5.40. The van der Waals surface area contributed by atoms with Gasteiger partial charge in [-0.15, -0.1) is 0 Å². The molecule has 0 aliphatic carbocycles. The Balaban J connectivity index is 1.91. The number of furan rings is 1. The molecule has 34 heavy (non-hydrogen) atoms. The van der Waals surface area contributed by atoms with Crippen LogP contribution in [0.4, 0.5) is 0 Å². The number of thiazole rings is 1. The summed E-state index contributed by atoms with van der Waals surface area (Å²) in [5.74, 6) is 0.770. The molecule has 1 atom stereocenters. The maximum Gasteiger partial charge on any atom is 0.338 e. The van der Waals surface area contributed by atoms with E-state index in [1.54, 1.807) is 37.5 Å². The molecule has 0 saturated carbocycles. The summed E-state index contributed by atoms with van der Waals surface area (Å²) < 4.78 is 20.3. The van der Waals surface area contributed by atoms with Crippen molar-refractivity contribution in [2.75, 3.05) is 6.61 Å². The molecule has 0 saturated heterocycles. The van der Waals surface area contributed by atoms with Crippen molar-refractivity contribution >= 4 is 61.9 Å². The number of fused-ring (bicyclic) bond motifs is 1. The second-order valence-electron chi connectivity index (χ2n) is 7.81. The summed E-state index contributed by atoms with van der Waals surface area (Å²) >= 11 is 6.75. The van der Waals surface area contributed by atoms with Gasteiger partial charge >= 0.3 is 5.97 Å². The number of allylic oxidation sites excluding steroid dienone is 1. The zero-order valence-electron chi connectivity index (χ0n) is 18.9. The van der Waals surface area contributed by atoms with Crippen LogP contribution in [-0.4, -0.2) is 23.2 Å². The molecule has 0 radical (unpaired) electrons. The molecule has 0 fully saturated rings. The summed E-state index contributed by atoms with van der Waals surface area (Å²) in [6, 6.07) is 8.51. The van der Waals surface area contributed by atoms with Crippen LogP contribution in [0.15, 0.2) is 60.3 Å². The second-order valence-corrected chi connectivity index (χ2v) is 10.7. The van der Waals surface area contributed by atoms with Gasteiger partial charge in [0, 0.05) is 28.7 Å². The molecule has 1 aromatic carbocycles. The molecule has 3 heterocycles. The molecule has 0 amide bonds. The molecular weight excluding hydrogens is 635 g/mol. The third kappa shape index (κ3) is 4.94. The van der Waals surface area contributed by atoms with Crippen molar-refractivity contribution in [3.05, 3.63) is 80.9 Å². The lowest BCUT2D eigenvalue weighted by atomic mass is 9.96. The van der Waals surface area contributed by atoms with Crippen LogP contribution in [0.2, 0.25) is 0 Å². The van der Waals surface area contributed by atoms with Crippen molar-refractivity contribution in [1.82, 2.24) is 4.57 Å². The summed E-state index contributed by atoms with van der Waals surface area (Å²) in [4.78, 5) is 31.8. The fraction of sp³-hybridized carbons (Fsp3) is 0.292. The van der Waals surface area contributed by atoms with Gasteiger partial charge in [-0.25, -0.2) is 9.79 Å². The molecule has 0 spiro atoms. The van der Waals surface area contributed by atoms with E-state index in [1.807, 2.05) is 31.2 Å². The molecule has 0 N–H and O–H groups in total. The highest BCUT2D eigenvalue weighted by Gasteiger charge is 2.33. The molecular formula is C24H22BrIN2O5S. The summed E-state index contributed by atoms with van der Waals surface area (Å²) in [5, 5.41) is 0. The smallest absolute Gasteiger partial charge is 0.338 e. The van der Waals surface area contributed by atoms with Crippen LogP contribution < -0.4 is 19.6 Å². The molecule has 1 aliphatic heterocycles. The zero-order valence-corrected chi connectivity index (χ0v) is 23.5. The van der Waals surface area contributed by atoms with E-state index >= 15 is 0 Å². The van der Waals surface area contributed by atoms with E-state index < -0.39 is 12.0 Å². The van der Waals surface area contributed by atoms with Gasteiger partial charge < -0.3 is 13.9 Å². The van der Waals surface area contributed by atoms with E-state index in [9.17, 15) is 9.59 Å². The number of ether oxygens (including phenoxy) is 2. The summed E-state index contributed by atoms with van der Waals surface area (Å²) in [6.45, 7) is 7.80. The standard InChI is InChI=1S/C24H22BrIN2O5S/c1-5-31-15-8-6-14(7-9-15)20-19(23(30)32-12(2)3)13(4)27-24-28(20)22(29)18(34-24)11-16-10-17(25)21(26)33-16/h6-12,20H,5H2,1-4H3/b18-11+/t20-/m1/s1. The number of benzene rings is 1. The minimum atomic E-state index is -0.677. The quantitative estimate of drug-likeness (QED) is 0.287. The Labute approximate surface area is 222 Å². The first kappa shape index (κ1) is 24.9. The van der Waals surface area contributed by atoms with Crippen LogP contribution in [-0.2, 0) is 9.53 Å². The molecule has 7 nitrogen and oxygen atoms in total. The minimum absolute atomic E-state index is 0.257. The Kier molecular flexibility index (Phi) is 7.48. The van der Waals surface area contributed by atoms with E-state index in [2.05, 4.69) is 43.5 Å². The molecule has 4 rings (SSSR count). The number of hydrogen-bond donors (Lipinski definition) is 0. The van der Waals surface area contributed by atoms with Gasteiger partial charge in [-0.1, -0.05) is 23.5 Å². The van der Waals surface area contributed by atoms with Crippen molar-refractivity contribution in [3.63, 3.8) is 0 Å². The van der Waals surface area contributed by atoms with Gasteiger partial charge in [-0.05, 0) is 67.4 Å². The van der Waals surface area contributed by atoms with Crippen LogP contribution in [0.25, 0.3) is 6.08 Å². The normalized spacial score (nSPS) is 16.0. The number of rotatable bonds is 6. The van der Waals surface area contributed by atoms with Gasteiger partial charge in [0.1, 0.15) is 11.5 Å². The molecule has 3 aromatic rings. The molecule has 2 aromatic heterocycles. The zero-order chi connectivity index (χ0) is 24.6. The molecule has 10 heteroatoms. The van der Waals surface area contributed by atoms with Gasteiger partial charge in [-0.2, -0.15) is 0 Å². The largest absolute Gasteiger partial charge is 0.494 e. The van der Waals surface area contributed by atoms with Gasteiger partial charge in [-0.3, -0.25) is 9.36 Å². The highest BCUT2D eigenvalue weighted by Crippen LogP contribution is 2.32. The summed E-state index contributed by atoms with van der Waals surface area (Å²) in [7, 11) is 0. The maximum absolute atomic E-state index is 13.6. The van der Waals surface area contributed by atoms with E-state index in [1.165, 1.54) is 11.3 Å².